The zero-order chi connectivity index (χ0) is 25.7. The molecule has 1 atom stereocenters. The van der Waals surface area contributed by atoms with Crippen molar-refractivity contribution in [3.05, 3.63) is 131 Å². The van der Waals surface area contributed by atoms with E-state index >= 15 is 0 Å². The first-order valence-electron chi connectivity index (χ1n) is 11.9. The predicted octanol–water partition coefficient (Wildman–Crippen LogP) is 6.19. The molecule has 0 aromatic heterocycles. The van der Waals surface area contributed by atoms with Crippen LogP contribution in [0.1, 0.15) is 45.6 Å². The van der Waals surface area contributed by atoms with E-state index in [4.69, 9.17) is 0 Å². The second kappa shape index (κ2) is 10.8. The lowest BCUT2D eigenvalue weighted by molar-refractivity contribution is 0.0940. The quantitative estimate of drug-likeness (QED) is 0.315. The van der Waals surface area contributed by atoms with Crippen molar-refractivity contribution < 1.29 is 13.2 Å². The van der Waals surface area contributed by atoms with Gasteiger partial charge in [-0.15, -0.1) is 0 Å². The molecule has 0 aliphatic rings. The molecule has 1 amide bonds. The summed E-state index contributed by atoms with van der Waals surface area (Å²) in [5.41, 5.74) is 4.52. The fourth-order valence-electron chi connectivity index (χ4n) is 3.98. The predicted molar refractivity (Wildman–Crippen MR) is 144 cm³/mol. The Kier molecular flexibility index (Phi) is 7.55. The summed E-state index contributed by atoms with van der Waals surface area (Å²) >= 11 is 0. The monoisotopic (exact) mass is 498 g/mol. The number of benzene rings is 4. The van der Waals surface area contributed by atoms with E-state index in [1.165, 1.54) is 4.31 Å². The van der Waals surface area contributed by atoms with Crippen LogP contribution < -0.4 is 9.62 Å². The van der Waals surface area contributed by atoms with Gasteiger partial charge in [-0.25, -0.2) is 8.42 Å². The van der Waals surface area contributed by atoms with Crippen LogP contribution in [0.4, 0.5) is 5.69 Å². The van der Waals surface area contributed by atoms with Gasteiger partial charge in [0.2, 0.25) is 0 Å². The summed E-state index contributed by atoms with van der Waals surface area (Å²) in [5, 5.41) is 3.03. The first-order valence-corrected chi connectivity index (χ1v) is 13.3. The summed E-state index contributed by atoms with van der Waals surface area (Å²) < 4.78 is 29.1. The minimum atomic E-state index is -3.96. The van der Waals surface area contributed by atoms with Gasteiger partial charge >= 0.3 is 0 Å². The molecular formula is C30H30N2O3S. The van der Waals surface area contributed by atoms with Crippen LogP contribution in [0.5, 0.6) is 0 Å². The second-order valence-electron chi connectivity index (χ2n) is 8.93. The first kappa shape index (κ1) is 25.2. The fraction of sp³-hybridized carbons (Fsp3) is 0.167. The second-order valence-corrected chi connectivity index (χ2v) is 10.8. The lowest BCUT2D eigenvalue weighted by Gasteiger charge is -2.27. The number of nitrogens with one attached hydrogen (secondary N) is 1. The highest BCUT2D eigenvalue weighted by Crippen LogP contribution is 2.30. The third kappa shape index (κ3) is 5.66. The first-order chi connectivity index (χ1) is 17.3. The molecule has 6 heteroatoms. The number of hydrogen-bond donors (Lipinski definition) is 1. The molecule has 4 aromatic carbocycles. The van der Waals surface area contributed by atoms with Gasteiger partial charge in [0.15, 0.2) is 0 Å². The summed E-state index contributed by atoms with van der Waals surface area (Å²) in [4.78, 5) is 13.6. The van der Waals surface area contributed by atoms with Gasteiger partial charge in [-0.1, -0.05) is 90.0 Å². The summed E-state index contributed by atoms with van der Waals surface area (Å²) in [6.07, 6.45) is 0. The molecule has 0 fully saturated rings. The van der Waals surface area contributed by atoms with Crippen LogP contribution in [0, 0.1) is 13.8 Å². The van der Waals surface area contributed by atoms with E-state index < -0.39 is 10.0 Å². The Balaban J connectivity index is 1.74. The highest BCUT2D eigenvalue weighted by molar-refractivity contribution is 7.92. The highest BCUT2D eigenvalue weighted by atomic mass is 32.2. The largest absolute Gasteiger partial charge is 0.345 e. The third-order valence-electron chi connectivity index (χ3n) is 6.12. The Morgan fingerprint density at radius 2 is 1.33 bits per heavy atom. The maximum Gasteiger partial charge on any atom is 0.264 e. The average Bonchev–Trinajstić information content (AvgIpc) is 2.88. The number of sulfonamides is 1. The van der Waals surface area contributed by atoms with E-state index in [-0.39, 0.29) is 23.4 Å². The van der Waals surface area contributed by atoms with Crippen molar-refractivity contribution in [2.45, 2.75) is 38.3 Å². The number of hydrogen-bond acceptors (Lipinski definition) is 3. The summed E-state index contributed by atoms with van der Waals surface area (Å²) in [6.45, 7) is 5.93. The van der Waals surface area contributed by atoms with Gasteiger partial charge < -0.3 is 5.32 Å². The molecular weight excluding hydrogens is 468 g/mol. The Hall–Kier alpha value is -3.90. The third-order valence-corrected chi connectivity index (χ3v) is 7.89. The molecule has 0 unspecified atom stereocenters. The number of aryl methyl sites for hydroxylation is 2. The molecule has 36 heavy (non-hydrogen) atoms. The van der Waals surface area contributed by atoms with Crippen LogP contribution in [-0.2, 0) is 16.6 Å². The molecule has 0 aliphatic heterocycles. The van der Waals surface area contributed by atoms with Gasteiger partial charge in [0.1, 0.15) is 0 Å². The van der Waals surface area contributed by atoms with Crippen molar-refractivity contribution in [1.29, 1.82) is 0 Å². The zero-order valence-corrected chi connectivity index (χ0v) is 21.5. The number of rotatable bonds is 8. The molecule has 1 N–H and O–H groups in total. The van der Waals surface area contributed by atoms with E-state index in [1.54, 1.807) is 48.5 Å². The van der Waals surface area contributed by atoms with Crippen molar-refractivity contribution in [3.63, 3.8) is 0 Å². The summed E-state index contributed by atoms with van der Waals surface area (Å²) in [6, 6.07) is 30.7. The molecule has 4 rings (SSSR count). The van der Waals surface area contributed by atoms with E-state index in [2.05, 4.69) is 5.32 Å². The van der Waals surface area contributed by atoms with E-state index in [0.717, 1.165) is 22.3 Å². The smallest absolute Gasteiger partial charge is 0.264 e. The normalized spacial score (nSPS) is 12.1. The zero-order valence-electron chi connectivity index (χ0n) is 20.7. The van der Waals surface area contributed by atoms with Crippen molar-refractivity contribution in [1.82, 2.24) is 5.32 Å². The van der Waals surface area contributed by atoms with Crippen LogP contribution >= 0.6 is 0 Å². The minimum absolute atomic E-state index is 0.0921. The number of amides is 1. The van der Waals surface area contributed by atoms with Gasteiger partial charge in [0.05, 0.1) is 28.7 Å². The molecule has 0 aliphatic carbocycles. The van der Waals surface area contributed by atoms with E-state index in [0.29, 0.717) is 11.3 Å². The van der Waals surface area contributed by atoms with Gasteiger partial charge in [0, 0.05) is 0 Å². The van der Waals surface area contributed by atoms with Crippen LogP contribution in [0.15, 0.2) is 108 Å². The summed E-state index contributed by atoms with van der Waals surface area (Å²) in [7, 11) is -3.96. The maximum absolute atomic E-state index is 13.9. The van der Waals surface area contributed by atoms with Crippen molar-refractivity contribution in [2.75, 3.05) is 4.31 Å². The van der Waals surface area contributed by atoms with Gasteiger partial charge in [0.25, 0.3) is 15.9 Å². The van der Waals surface area contributed by atoms with Crippen LogP contribution in [0.2, 0.25) is 0 Å². The number of para-hydroxylation sites is 1. The molecule has 0 heterocycles. The van der Waals surface area contributed by atoms with Gasteiger partial charge in [-0.2, -0.15) is 0 Å². The molecule has 0 radical (unpaired) electrons. The Morgan fingerprint density at radius 1 is 0.778 bits per heavy atom. The van der Waals surface area contributed by atoms with Crippen molar-refractivity contribution in [3.8, 4) is 0 Å². The molecule has 0 spiro atoms. The van der Waals surface area contributed by atoms with E-state index in [9.17, 15) is 13.2 Å². The van der Waals surface area contributed by atoms with Crippen molar-refractivity contribution in [2.24, 2.45) is 0 Å². The maximum atomic E-state index is 13.9. The molecule has 0 bridgehead atoms. The lowest BCUT2D eigenvalue weighted by atomic mass is 10.1. The SMILES string of the molecule is Cc1ccc([C@@H](C)NC(=O)c2ccccc2N(Cc2ccccc2)S(=O)(=O)c2ccc(C)cc2)cc1. The number of nitrogens with zero attached hydrogens (tertiary/aromatic N) is 1. The topological polar surface area (TPSA) is 66.5 Å². The average molecular weight is 499 g/mol. The van der Waals surface area contributed by atoms with Crippen LogP contribution in [0.3, 0.4) is 0 Å². The molecule has 4 aromatic rings. The number of anilines is 1. The molecule has 0 saturated heterocycles. The number of carbonyl (C=O) groups is 1. The number of carbonyl (C=O) groups excluding carboxylic acids is 1. The fourth-order valence-corrected chi connectivity index (χ4v) is 5.45. The van der Waals surface area contributed by atoms with Crippen LogP contribution in [0.25, 0.3) is 0 Å². The Bertz CT molecular complexity index is 1430. The minimum Gasteiger partial charge on any atom is -0.345 e. The Morgan fingerprint density at radius 3 is 1.97 bits per heavy atom. The van der Waals surface area contributed by atoms with Crippen molar-refractivity contribution >= 4 is 21.6 Å². The molecule has 0 saturated carbocycles. The lowest BCUT2D eigenvalue weighted by Crippen LogP contribution is -2.34. The standard InChI is InChI=1S/C30H30N2O3S/c1-22-13-17-26(18-14-22)24(3)31-30(33)28-11-7-8-12-29(28)32(21-25-9-5-4-6-10-25)36(34,35)27-19-15-23(2)16-20-27/h4-20,24H,21H2,1-3H3,(H,31,33)/t24-/m1/s1. The summed E-state index contributed by atoms with van der Waals surface area (Å²) in [5.74, 6) is -0.337. The van der Waals surface area contributed by atoms with Gasteiger partial charge in [-0.3, -0.25) is 9.10 Å². The molecule has 184 valence electrons. The van der Waals surface area contributed by atoms with Gasteiger partial charge in [-0.05, 0) is 56.2 Å². The molecule has 5 nitrogen and oxygen atoms in total. The highest BCUT2D eigenvalue weighted by Gasteiger charge is 2.29. The van der Waals surface area contributed by atoms with Crippen LogP contribution in [-0.4, -0.2) is 14.3 Å². The Labute approximate surface area is 213 Å². The van der Waals surface area contributed by atoms with E-state index in [1.807, 2.05) is 75.4 Å².